The van der Waals surface area contributed by atoms with Crippen molar-refractivity contribution in [3.05, 3.63) is 10.8 Å². The molecular weight excluding hydrogens is 276 g/mol. The number of hydrogen-bond acceptors (Lipinski definition) is 6. The van der Waals surface area contributed by atoms with Crippen LogP contribution in [0.15, 0.2) is 0 Å². The van der Waals surface area contributed by atoms with Crippen LogP contribution in [0.4, 0.5) is 0 Å². The highest BCUT2D eigenvalue weighted by Crippen LogP contribution is 2.39. The molecule has 0 aromatic carbocycles. The van der Waals surface area contributed by atoms with Gasteiger partial charge in [-0.05, 0) is 26.2 Å². The monoisotopic (exact) mass is 294 g/mol. The highest BCUT2D eigenvalue weighted by molar-refractivity contribution is 7.16. The molecule has 1 aliphatic rings. The molecule has 0 N–H and O–H groups in total. The van der Waals surface area contributed by atoms with Crippen LogP contribution < -0.4 is 0 Å². The third-order valence-corrected chi connectivity index (χ3v) is 4.43. The Morgan fingerprint density at radius 2 is 2.25 bits per heavy atom. The number of fused-ring (bicyclic) bond motifs is 1. The minimum atomic E-state index is -0.279. The van der Waals surface area contributed by atoms with Crippen molar-refractivity contribution >= 4 is 22.3 Å². The summed E-state index contributed by atoms with van der Waals surface area (Å²) in [4.78, 5) is 12.8. The van der Waals surface area contributed by atoms with Gasteiger partial charge in [0.1, 0.15) is 10.9 Å². The van der Waals surface area contributed by atoms with Crippen LogP contribution in [0, 0.1) is 0 Å². The highest BCUT2D eigenvalue weighted by atomic mass is 32.1. The first-order chi connectivity index (χ1) is 9.74. The lowest BCUT2D eigenvalue weighted by atomic mass is 10.1. The van der Waals surface area contributed by atoms with E-state index in [0.717, 1.165) is 41.5 Å². The molecule has 1 atom stereocenters. The fourth-order valence-corrected chi connectivity index (χ4v) is 3.23. The Labute approximate surface area is 121 Å². The van der Waals surface area contributed by atoms with Crippen LogP contribution in [-0.4, -0.2) is 32.4 Å². The van der Waals surface area contributed by atoms with Crippen LogP contribution in [0.25, 0.3) is 4.96 Å². The number of ether oxygens (including phenoxy) is 1. The van der Waals surface area contributed by atoms with Crippen molar-refractivity contribution < 1.29 is 9.53 Å². The zero-order chi connectivity index (χ0) is 14.1. The van der Waals surface area contributed by atoms with E-state index in [9.17, 15) is 4.79 Å². The summed E-state index contributed by atoms with van der Waals surface area (Å²) in [6.07, 6.45) is 3.98. The molecule has 108 valence electrons. The normalized spacial score (nSPS) is 16.5. The molecule has 0 aliphatic heterocycles. The molecule has 1 aliphatic carbocycles. The molecule has 0 spiro atoms. The summed E-state index contributed by atoms with van der Waals surface area (Å²) in [7, 11) is 0. The fourth-order valence-electron chi connectivity index (χ4n) is 2.26. The second-order valence-corrected chi connectivity index (χ2v) is 6.05. The quantitative estimate of drug-likeness (QED) is 0.766. The highest BCUT2D eigenvalue weighted by Gasteiger charge is 2.32. The number of carbonyl (C=O) groups excluding carboxylic acids is 1. The average molecular weight is 294 g/mol. The summed E-state index contributed by atoms with van der Waals surface area (Å²) in [6.45, 7) is 4.28. The van der Waals surface area contributed by atoms with Crippen molar-refractivity contribution in [3.63, 3.8) is 0 Å². The summed E-state index contributed by atoms with van der Waals surface area (Å²) in [5, 5.41) is 13.7. The van der Waals surface area contributed by atoms with E-state index in [0.29, 0.717) is 12.5 Å². The molecule has 7 heteroatoms. The Hall–Kier alpha value is -1.50. The molecule has 1 saturated carbocycles. The van der Waals surface area contributed by atoms with Crippen molar-refractivity contribution in [2.45, 2.75) is 51.4 Å². The number of rotatable bonds is 6. The maximum Gasteiger partial charge on any atom is 0.315 e. The zero-order valence-corrected chi connectivity index (χ0v) is 12.5. The van der Waals surface area contributed by atoms with Crippen molar-refractivity contribution in [3.8, 4) is 0 Å². The predicted molar refractivity (Wildman–Crippen MR) is 74.9 cm³/mol. The van der Waals surface area contributed by atoms with Crippen LogP contribution in [0.5, 0.6) is 0 Å². The molecule has 20 heavy (non-hydrogen) atoms. The van der Waals surface area contributed by atoms with Crippen molar-refractivity contribution in [1.82, 2.24) is 19.8 Å². The maximum absolute atomic E-state index is 12.1. The topological polar surface area (TPSA) is 69.4 Å². The van der Waals surface area contributed by atoms with Crippen molar-refractivity contribution in [2.24, 2.45) is 0 Å². The number of aromatic nitrogens is 4. The van der Waals surface area contributed by atoms with Gasteiger partial charge in [0.25, 0.3) is 0 Å². The van der Waals surface area contributed by atoms with E-state index in [2.05, 4.69) is 22.2 Å². The molecular formula is C13H18N4O2S. The standard InChI is InChI=1S/C13H18N4O2S/c1-3-5-9(12(18)19-4-2)11-16-17-10(8-6-7-8)14-15-13(17)20-11/h8-9H,3-7H2,1-2H3. The van der Waals surface area contributed by atoms with Crippen LogP contribution >= 0.6 is 11.3 Å². The predicted octanol–water partition coefficient (Wildman–Crippen LogP) is 2.51. The largest absolute Gasteiger partial charge is 0.465 e. The third-order valence-electron chi connectivity index (χ3n) is 3.42. The van der Waals surface area contributed by atoms with Gasteiger partial charge in [-0.3, -0.25) is 4.79 Å². The first kappa shape index (κ1) is 13.5. The van der Waals surface area contributed by atoms with E-state index in [4.69, 9.17) is 4.74 Å². The number of hydrogen-bond donors (Lipinski definition) is 0. The summed E-state index contributed by atoms with van der Waals surface area (Å²) in [5.41, 5.74) is 0. The summed E-state index contributed by atoms with van der Waals surface area (Å²) < 4.78 is 6.96. The van der Waals surface area contributed by atoms with Crippen molar-refractivity contribution in [1.29, 1.82) is 0 Å². The second kappa shape index (κ2) is 5.47. The second-order valence-electron chi connectivity index (χ2n) is 5.06. The van der Waals surface area contributed by atoms with E-state index in [1.807, 2.05) is 6.92 Å². The van der Waals surface area contributed by atoms with Gasteiger partial charge >= 0.3 is 5.97 Å². The number of nitrogens with zero attached hydrogens (tertiary/aromatic N) is 4. The van der Waals surface area contributed by atoms with Crippen LogP contribution in [-0.2, 0) is 9.53 Å². The van der Waals surface area contributed by atoms with Gasteiger partial charge in [-0.15, -0.1) is 10.2 Å². The van der Waals surface area contributed by atoms with Crippen molar-refractivity contribution in [2.75, 3.05) is 6.61 Å². The van der Waals surface area contributed by atoms with E-state index in [1.165, 1.54) is 11.3 Å². The summed E-state index contributed by atoms with van der Waals surface area (Å²) >= 11 is 1.44. The molecule has 0 radical (unpaired) electrons. The van der Waals surface area contributed by atoms with Crippen LogP contribution in [0.1, 0.15) is 62.2 Å². The molecule has 6 nitrogen and oxygen atoms in total. The zero-order valence-electron chi connectivity index (χ0n) is 11.7. The van der Waals surface area contributed by atoms with Gasteiger partial charge in [-0.2, -0.15) is 9.61 Å². The van der Waals surface area contributed by atoms with Gasteiger partial charge < -0.3 is 4.74 Å². The van der Waals surface area contributed by atoms with Gasteiger partial charge in [-0.25, -0.2) is 0 Å². The number of esters is 1. The Morgan fingerprint density at radius 1 is 1.45 bits per heavy atom. The summed E-state index contributed by atoms with van der Waals surface area (Å²) in [6, 6.07) is 0. The minimum Gasteiger partial charge on any atom is -0.465 e. The Bertz CT molecular complexity index is 617. The molecule has 0 saturated heterocycles. The Morgan fingerprint density at radius 3 is 2.90 bits per heavy atom. The lowest BCUT2D eigenvalue weighted by molar-refractivity contribution is -0.145. The van der Waals surface area contributed by atoms with Crippen LogP contribution in [0.3, 0.4) is 0 Å². The van der Waals surface area contributed by atoms with Gasteiger partial charge in [0, 0.05) is 5.92 Å². The van der Waals surface area contributed by atoms with E-state index >= 15 is 0 Å². The SMILES string of the molecule is CCCC(C(=O)OCC)c1nn2c(C3CC3)nnc2s1. The van der Waals surface area contributed by atoms with Crippen LogP contribution in [0.2, 0.25) is 0 Å². The maximum atomic E-state index is 12.1. The lowest BCUT2D eigenvalue weighted by Crippen LogP contribution is -2.16. The molecule has 0 bridgehead atoms. The smallest absolute Gasteiger partial charge is 0.315 e. The Balaban J connectivity index is 1.91. The lowest BCUT2D eigenvalue weighted by Gasteiger charge is -2.11. The van der Waals surface area contributed by atoms with E-state index < -0.39 is 0 Å². The molecule has 1 fully saturated rings. The minimum absolute atomic E-state index is 0.188. The third kappa shape index (κ3) is 2.42. The molecule has 3 rings (SSSR count). The molecule has 0 amide bonds. The first-order valence-electron chi connectivity index (χ1n) is 7.13. The first-order valence-corrected chi connectivity index (χ1v) is 7.94. The summed E-state index contributed by atoms with van der Waals surface area (Å²) in [5.74, 6) is 0.958. The van der Waals surface area contributed by atoms with E-state index in [1.54, 1.807) is 4.52 Å². The van der Waals surface area contributed by atoms with E-state index in [-0.39, 0.29) is 11.9 Å². The average Bonchev–Trinajstić information content (AvgIpc) is 3.06. The molecule has 2 aromatic rings. The van der Waals surface area contributed by atoms with Gasteiger partial charge in [0.2, 0.25) is 4.96 Å². The fraction of sp³-hybridized carbons (Fsp3) is 0.692. The Kier molecular flexibility index (Phi) is 3.69. The molecule has 1 unspecified atom stereocenters. The van der Waals surface area contributed by atoms with Gasteiger partial charge in [-0.1, -0.05) is 24.7 Å². The van der Waals surface area contributed by atoms with Gasteiger partial charge in [0.05, 0.1) is 6.61 Å². The number of carbonyl (C=O) groups is 1. The molecule has 2 aromatic heterocycles. The molecule has 2 heterocycles. The van der Waals surface area contributed by atoms with Gasteiger partial charge in [0.15, 0.2) is 5.82 Å².